The third-order valence-corrected chi connectivity index (χ3v) is 5.60. The van der Waals surface area contributed by atoms with Crippen molar-refractivity contribution in [1.82, 2.24) is 9.80 Å². The van der Waals surface area contributed by atoms with Gasteiger partial charge in [-0.25, -0.2) is 4.39 Å². The van der Waals surface area contributed by atoms with Crippen molar-refractivity contribution in [1.29, 1.82) is 0 Å². The Morgan fingerprint density at radius 3 is 2.42 bits per heavy atom. The van der Waals surface area contributed by atoms with Crippen LogP contribution in [0.3, 0.4) is 0 Å². The molecule has 2 fully saturated rings. The van der Waals surface area contributed by atoms with Gasteiger partial charge >= 0.3 is 0 Å². The molecule has 1 aromatic carbocycles. The van der Waals surface area contributed by atoms with E-state index in [1.54, 1.807) is 32.0 Å². The molecule has 0 spiro atoms. The first-order valence-corrected chi connectivity index (χ1v) is 8.88. The monoisotopic (exact) mass is 334 g/mol. The third-order valence-electron chi connectivity index (χ3n) is 5.60. The second kappa shape index (κ2) is 6.81. The van der Waals surface area contributed by atoms with Gasteiger partial charge in [-0.1, -0.05) is 18.2 Å². The van der Waals surface area contributed by atoms with Crippen LogP contribution in [-0.4, -0.2) is 59.1 Å². The van der Waals surface area contributed by atoms with Crippen LogP contribution in [0.4, 0.5) is 4.39 Å². The summed E-state index contributed by atoms with van der Waals surface area (Å²) >= 11 is 0. The number of aliphatic hydroxyl groups is 1. The normalized spacial score (nSPS) is 25.9. The van der Waals surface area contributed by atoms with E-state index in [9.17, 15) is 14.3 Å². The molecule has 0 aromatic heterocycles. The molecule has 3 rings (SSSR count). The summed E-state index contributed by atoms with van der Waals surface area (Å²) in [5.74, 6) is -0.359. The molecule has 0 bridgehead atoms. The SMILES string of the molecule is CC(C)(C(=O)N1CCN([C@@H]2CCC[C@H]2O)CC1)c1ccccc1F. The van der Waals surface area contributed by atoms with E-state index in [4.69, 9.17) is 0 Å². The molecule has 1 aromatic rings. The zero-order valence-corrected chi connectivity index (χ0v) is 14.5. The molecule has 1 heterocycles. The van der Waals surface area contributed by atoms with E-state index in [1.807, 2.05) is 4.90 Å². The zero-order valence-electron chi connectivity index (χ0n) is 14.5. The van der Waals surface area contributed by atoms with Crippen molar-refractivity contribution >= 4 is 5.91 Å². The van der Waals surface area contributed by atoms with Gasteiger partial charge in [0, 0.05) is 37.8 Å². The summed E-state index contributed by atoms with van der Waals surface area (Å²) in [5.41, 5.74) is -0.427. The molecule has 2 aliphatic rings. The number of hydrogen-bond donors (Lipinski definition) is 1. The van der Waals surface area contributed by atoms with Crippen molar-refractivity contribution in [2.24, 2.45) is 0 Å². The number of carbonyl (C=O) groups excluding carboxylic acids is 1. The van der Waals surface area contributed by atoms with Gasteiger partial charge in [-0.15, -0.1) is 0 Å². The summed E-state index contributed by atoms with van der Waals surface area (Å²) in [7, 11) is 0. The maximum Gasteiger partial charge on any atom is 0.232 e. The molecule has 1 saturated heterocycles. The van der Waals surface area contributed by atoms with Crippen LogP contribution in [-0.2, 0) is 10.2 Å². The highest BCUT2D eigenvalue weighted by molar-refractivity contribution is 5.87. The molecule has 1 amide bonds. The highest BCUT2D eigenvalue weighted by atomic mass is 19.1. The fraction of sp³-hybridized carbons (Fsp3) is 0.632. The summed E-state index contributed by atoms with van der Waals surface area (Å²) in [6, 6.07) is 6.75. The van der Waals surface area contributed by atoms with Crippen LogP contribution in [0.5, 0.6) is 0 Å². The van der Waals surface area contributed by atoms with Crippen LogP contribution in [0.25, 0.3) is 0 Å². The van der Waals surface area contributed by atoms with Crippen LogP contribution >= 0.6 is 0 Å². The summed E-state index contributed by atoms with van der Waals surface area (Å²) in [6.07, 6.45) is 2.76. The number of amides is 1. The molecular formula is C19H27FN2O2. The minimum atomic E-state index is -0.875. The standard InChI is InChI=1S/C19H27FN2O2/c1-19(2,14-6-3-4-7-15(14)20)18(24)22-12-10-21(11-13-22)16-8-5-9-17(16)23/h3-4,6-7,16-17,23H,5,8-13H2,1-2H3/t16-,17-/m1/s1. The van der Waals surface area contributed by atoms with Gasteiger partial charge in [-0.2, -0.15) is 0 Å². The summed E-state index contributed by atoms with van der Waals surface area (Å²) < 4.78 is 14.1. The smallest absolute Gasteiger partial charge is 0.232 e. The molecule has 2 atom stereocenters. The summed E-state index contributed by atoms with van der Waals surface area (Å²) in [5, 5.41) is 10.1. The second-order valence-electron chi connectivity index (χ2n) is 7.50. The number of carbonyl (C=O) groups is 1. The topological polar surface area (TPSA) is 43.8 Å². The van der Waals surface area contributed by atoms with Crippen LogP contribution in [0.15, 0.2) is 24.3 Å². The first-order chi connectivity index (χ1) is 11.4. The number of halogens is 1. The fourth-order valence-corrected chi connectivity index (χ4v) is 4.08. The molecule has 1 N–H and O–H groups in total. The molecule has 132 valence electrons. The third kappa shape index (κ3) is 3.20. The molecule has 4 nitrogen and oxygen atoms in total. The summed E-state index contributed by atoms with van der Waals surface area (Å²) in [6.45, 7) is 6.42. The van der Waals surface area contributed by atoms with Gasteiger partial charge in [0.05, 0.1) is 11.5 Å². The Morgan fingerprint density at radius 1 is 1.17 bits per heavy atom. The zero-order chi connectivity index (χ0) is 17.3. The Kier molecular flexibility index (Phi) is 4.92. The lowest BCUT2D eigenvalue weighted by molar-refractivity contribution is -0.138. The van der Waals surface area contributed by atoms with Gasteiger partial charge in [0.25, 0.3) is 0 Å². The Balaban J connectivity index is 1.65. The molecule has 1 aliphatic carbocycles. The Morgan fingerprint density at radius 2 is 1.83 bits per heavy atom. The van der Waals surface area contributed by atoms with E-state index in [2.05, 4.69) is 4.90 Å². The van der Waals surface area contributed by atoms with Crippen molar-refractivity contribution in [3.63, 3.8) is 0 Å². The van der Waals surface area contributed by atoms with E-state index in [1.165, 1.54) is 6.07 Å². The maximum absolute atomic E-state index is 14.1. The average Bonchev–Trinajstić information content (AvgIpc) is 3.00. The molecule has 0 unspecified atom stereocenters. The van der Waals surface area contributed by atoms with Gasteiger partial charge in [-0.05, 0) is 39.2 Å². The van der Waals surface area contributed by atoms with E-state index in [0.717, 1.165) is 32.4 Å². The maximum atomic E-state index is 14.1. The molecular weight excluding hydrogens is 307 g/mol. The Bertz CT molecular complexity index is 597. The molecule has 0 radical (unpaired) electrons. The van der Waals surface area contributed by atoms with Gasteiger partial charge in [0.2, 0.25) is 5.91 Å². The van der Waals surface area contributed by atoms with Crippen LogP contribution in [0, 0.1) is 5.82 Å². The van der Waals surface area contributed by atoms with E-state index < -0.39 is 5.41 Å². The van der Waals surface area contributed by atoms with Gasteiger partial charge in [0.1, 0.15) is 5.82 Å². The predicted octanol–water partition coefficient (Wildman–Crippen LogP) is 2.16. The van der Waals surface area contributed by atoms with Crippen molar-refractivity contribution < 1.29 is 14.3 Å². The van der Waals surface area contributed by atoms with Crippen LogP contribution in [0.2, 0.25) is 0 Å². The first kappa shape index (κ1) is 17.4. The van der Waals surface area contributed by atoms with Gasteiger partial charge in [0.15, 0.2) is 0 Å². The van der Waals surface area contributed by atoms with Gasteiger partial charge in [-0.3, -0.25) is 9.69 Å². The van der Waals surface area contributed by atoms with E-state index in [0.29, 0.717) is 18.7 Å². The lowest BCUT2D eigenvalue weighted by atomic mass is 9.82. The molecule has 1 saturated carbocycles. The minimum absolute atomic E-state index is 0.0285. The van der Waals surface area contributed by atoms with Crippen LogP contribution in [0.1, 0.15) is 38.7 Å². The number of hydrogen-bond acceptors (Lipinski definition) is 3. The predicted molar refractivity (Wildman–Crippen MR) is 91.2 cm³/mol. The molecule has 24 heavy (non-hydrogen) atoms. The number of aliphatic hydroxyl groups excluding tert-OH is 1. The first-order valence-electron chi connectivity index (χ1n) is 8.88. The van der Waals surface area contributed by atoms with E-state index >= 15 is 0 Å². The molecule has 5 heteroatoms. The van der Waals surface area contributed by atoms with Crippen molar-refractivity contribution in [2.75, 3.05) is 26.2 Å². The minimum Gasteiger partial charge on any atom is -0.391 e. The number of benzene rings is 1. The second-order valence-corrected chi connectivity index (χ2v) is 7.50. The highest BCUT2D eigenvalue weighted by Crippen LogP contribution is 2.30. The largest absolute Gasteiger partial charge is 0.391 e. The fourth-order valence-electron chi connectivity index (χ4n) is 4.08. The van der Waals surface area contributed by atoms with Crippen molar-refractivity contribution in [3.05, 3.63) is 35.6 Å². The number of rotatable bonds is 3. The quantitative estimate of drug-likeness (QED) is 0.921. The average molecular weight is 334 g/mol. The lowest BCUT2D eigenvalue weighted by Crippen LogP contribution is -2.56. The lowest BCUT2D eigenvalue weighted by Gasteiger charge is -2.41. The Hall–Kier alpha value is -1.46. The summed E-state index contributed by atoms with van der Waals surface area (Å²) in [4.78, 5) is 17.1. The number of nitrogens with zero attached hydrogens (tertiary/aromatic N) is 2. The van der Waals surface area contributed by atoms with E-state index in [-0.39, 0.29) is 23.9 Å². The van der Waals surface area contributed by atoms with Crippen molar-refractivity contribution in [3.8, 4) is 0 Å². The Labute approximate surface area is 143 Å². The molecule has 1 aliphatic heterocycles. The highest BCUT2D eigenvalue weighted by Gasteiger charge is 2.38. The van der Waals surface area contributed by atoms with Gasteiger partial charge < -0.3 is 10.0 Å². The van der Waals surface area contributed by atoms with Crippen LogP contribution < -0.4 is 0 Å². The van der Waals surface area contributed by atoms with Crippen molar-refractivity contribution in [2.45, 2.75) is 50.7 Å². The number of piperazine rings is 1.